The fraction of sp³-hybridized carbons (Fsp3) is 0.385. The van der Waals surface area contributed by atoms with Crippen LogP contribution in [0.1, 0.15) is 19.3 Å². The molecule has 0 N–H and O–H groups in total. The predicted molar refractivity (Wildman–Crippen MR) is 74.9 cm³/mol. The number of terminal acetylenes is 1. The van der Waals surface area contributed by atoms with Crippen molar-refractivity contribution in [3.8, 4) is 18.1 Å². The third-order valence-electron chi connectivity index (χ3n) is 2.71. The lowest BCUT2D eigenvalue weighted by molar-refractivity contribution is 0.283. The molecule has 18 heavy (non-hydrogen) atoms. The molecule has 1 aliphatic rings. The molecule has 0 atom stereocenters. The highest BCUT2D eigenvalue weighted by Gasteiger charge is 2.38. The van der Waals surface area contributed by atoms with Crippen LogP contribution in [0.5, 0.6) is 5.75 Å². The molecule has 5 heteroatoms. The summed E-state index contributed by atoms with van der Waals surface area (Å²) < 4.78 is 6.57. The van der Waals surface area contributed by atoms with E-state index >= 15 is 0 Å². The second-order valence-corrected chi connectivity index (χ2v) is 5.38. The zero-order chi connectivity index (χ0) is 13.0. The molecule has 0 saturated carbocycles. The van der Waals surface area contributed by atoms with E-state index in [-0.39, 0.29) is 5.66 Å². The van der Waals surface area contributed by atoms with E-state index < -0.39 is 0 Å². The number of hydrogen-bond acceptors (Lipinski definition) is 3. The number of ether oxygens (including phenoxy) is 1. The molecular formula is C13H12BrClN2O. The molecule has 3 nitrogen and oxygen atoms in total. The van der Waals surface area contributed by atoms with E-state index in [1.54, 1.807) is 6.07 Å². The van der Waals surface area contributed by atoms with Crippen molar-refractivity contribution < 1.29 is 4.74 Å². The maximum absolute atomic E-state index is 6.03. The van der Waals surface area contributed by atoms with Gasteiger partial charge in [0.05, 0.1) is 11.6 Å². The van der Waals surface area contributed by atoms with Gasteiger partial charge in [0.2, 0.25) is 0 Å². The highest BCUT2D eigenvalue weighted by atomic mass is 79.9. The Morgan fingerprint density at radius 1 is 1.39 bits per heavy atom. The summed E-state index contributed by atoms with van der Waals surface area (Å²) in [6, 6.07) is 5.51. The van der Waals surface area contributed by atoms with Crippen molar-refractivity contribution >= 4 is 27.5 Å². The molecule has 0 aliphatic carbocycles. The predicted octanol–water partition coefficient (Wildman–Crippen LogP) is 4.45. The summed E-state index contributed by atoms with van der Waals surface area (Å²) in [6.07, 6.45) is 7.44. The van der Waals surface area contributed by atoms with E-state index in [1.807, 2.05) is 12.1 Å². The fourth-order valence-corrected chi connectivity index (χ4v) is 2.09. The lowest BCUT2D eigenvalue weighted by Crippen LogP contribution is -2.15. The molecule has 0 aromatic heterocycles. The van der Waals surface area contributed by atoms with Crippen molar-refractivity contribution in [3.05, 3.63) is 27.7 Å². The van der Waals surface area contributed by atoms with Gasteiger partial charge in [-0.15, -0.1) is 12.3 Å². The first kappa shape index (κ1) is 13.4. The maximum Gasteiger partial charge on any atom is 0.195 e. The summed E-state index contributed by atoms with van der Waals surface area (Å²) in [5, 5.41) is 8.70. The average Bonchev–Trinajstić information content (AvgIpc) is 3.12. The molecule has 0 amide bonds. The highest BCUT2D eigenvalue weighted by molar-refractivity contribution is 9.10. The molecule has 2 rings (SSSR count). The third kappa shape index (κ3) is 3.47. The van der Waals surface area contributed by atoms with Crippen LogP contribution in [0.3, 0.4) is 0 Å². The van der Waals surface area contributed by atoms with Crippen molar-refractivity contribution in [3.63, 3.8) is 0 Å². The summed E-state index contributed by atoms with van der Waals surface area (Å²) in [5.74, 6) is 3.27. The van der Waals surface area contributed by atoms with Crippen molar-refractivity contribution in [1.29, 1.82) is 0 Å². The molecule has 1 aromatic carbocycles. The largest absolute Gasteiger partial charge is 0.492 e. The van der Waals surface area contributed by atoms with Crippen molar-refractivity contribution in [2.24, 2.45) is 10.2 Å². The number of nitrogens with zero attached hydrogens (tertiary/aromatic N) is 2. The van der Waals surface area contributed by atoms with Gasteiger partial charge in [-0.2, -0.15) is 10.2 Å². The van der Waals surface area contributed by atoms with Crippen molar-refractivity contribution in [2.75, 3.05) is 6.61 Å². The van der Waals surface area contributed by atoms with Crippen LogP contribution in [0.4, 0.5) is 0 Å². The van der Waals surface area contributed by atoms with Gasteiger partial charge >= 0.3 is 0 Å². The summed E-state index contributed by atoms with van der Waals surface area (Å²) >= 11 is 9.40. The zero-order valence-electron chi connectivity index (χ0n) is 9.70. The van der Waals surface area contributed by atoms with Gasteiger partial charge in [0, 0.05) is 23.7 Å². The summed E-state index contributed by atoms with van der Waals surface area (Å²) in [5.41, 5.74) is -0.301. The second-order valence-electron chi connectivity index (χ2n) is 4.06. The maximum atomic E-state index is 6.03. The Hall–Kier alpha value is -1.05. The molecule has 0 unspecified atom stereocenters. The first-order valence-electron chi connectivity index (χ1n) is 5.61. The van der Waals surface area contributed by atoms with Gasteiger partial charge in [0.25, 0.3) is 0 Å². The third-order valence-corrected chi connectivity index (χ3v) is 3.51. The summed E-state index contributed by atoms with van der Waals surface area (Å²) in [7, 11) is 0. The summed E-state index contributed by atoms with van der Waals surface area (Å²) in [4.78, 5) is 0. The monoisotopic (exact) mass is 326 g/mol. The Kier molecular flexibility index (Phi) is 4.26. The van der Waals surface area contributed by atoms with Gasteiger partial charge in [-0.1, -0.05) is 27.5 Å². The minimum atomic E-state index is -0.301. The number of hydrogen-bond donors (Lipinski definition) is 0. The van der Waals surface area contributed by atoms with Gasteiger partial charge in [-0.3, -0.25) is 0 Å². The molecule has 0 saturated heterocycles. The van der Waals surface area contributed by atoms with E-state index in [0.29, 0.717) is 23.8 Å². The molecular weight excluding hydrogens is 316 g/mol. The lowest BCUT2D eigenvalue weighted by atomic mass is 10.1. The van der Waals surface area contributed by atoms with Crippen LogP contribution in [0.15, 0.2) is 32.9 Å². The SMILES string of the molecule is C#CCCC1(CCOc2cc(Br)ccc2Cl)N=N1. The van der Waals surface area contributed by atoms with Crippen LogP contribution in [0.25, 0.3) is 0 Å². The zero-order valence-corrected chi connectivity index (χ0v) is 12.0. The normalized spacial score (nSPS) is 15.2. The Labute approximate surface area is 120 Å². The van der Waals surface area contributed by atoms with E-state index in [2.05, 4.69) is 32.1 Å². The molecule has 0 fully saturated rings. The van der Waals surface area contributed by atoms with E-state index in [4.69, 9.17) is 22.8 Å². The van der Waals surface area contributed by atoms with Gasteiger partial charge in [-0.25, -0.2) is 0 Å². The van der Waals surface area contributed by atoms with E-state index in [9.17, 15) is 0 Å². The Balaban J connectivity index is 1.82. The molecule has 0 radical (unpaired) electrons. The van der Waals surface area contributed by atoms with Crippen molar-refractivity contribution in [2.45, 2.75) is 24.9 Å². The molecule has 0 bridgehead atoms. The smallest absolute Gasteiger partial charge is 0.195 e. The second kappa shape index (κ2) is 5.73. The van der Waals surface area contributed by atoms with Crippen molar-refractivity contribution in [1.82, 2.24) is 0 Å². The first-order valence-corrected chi connectivity index (χ1v) is 6.78. The van der Waals surface area contributed by atoms with Crippen LogP contribution in [-0.2, 0) is 0 Å². The van der Waals surface area contributed by atoms with Gasteiger partial charge in [0.15, 0.2) is 5.66 Å². The first-order chi connectivity index (χ1) is 8.65. The molecule has 1 heterocycles. The van der Waals surface area contributed by atoms with Gasteiger partial charge in [-0.05, 0) is 18.2 Å². The van der Waals surface area contributed by atoms with Crippen LogP contribution in [-0.4, -0.2) is 12.3 Å². The van der Waals surface area contributed by atoms with Crippen LogP contribution in [0.2, 0.25) is 5.02 Å². The Bertz CT molecular complexity index is 504. The van der Waals surface area contributed by atoms with Gasteiger partial charge < -0.3 is 4.74 Å². The lowest BCUT2D eigenvalue weighted by Gasteiger charge is -2.11. The number of halogens is 2. The number of benzene rings is 1. The standard InChI is InChI=1S/C13H12BrClN2O/c1-2-3-6-13(16-17-13)7-8-18-12-9-10(14)4-5-11(12)15/h1,4-5,9H,3,6-8H2. The average molecular weight is 328 g/mol. The number of rotatable bonds is 6. The Morgan fingerprint density at radius 2 is 2.17 bits per heavy atom. The highest BCUT2D eigenvalue weighted by Crippen LogP contribution is 2.37. The van der Waals surface area contributed by atoms with Gasteiger partial charge in [0.1, 0.15) is 5.75 Å². The van der Waals surface area contributed by atoms with E-state index in [1.165, 1.54) is 0 Å². The fourth-order valence-electron chi connectivity index (χ4n) is 1.58. The summed E-state index contributed by atoms with van der Waals surface area (Å²) in [6.45, 7) is 0.522. The Morgan fingerprint density at radius 3 is 2.83 bits per heavy atom. The minimum absolute atomic E-state index is 0.301. The molecule has 0 spiro atoms. The van der Waals surface area contributed by atoms with Crippen LogP contribution >= 0.6 is 27.5 Å². The van der Waals surface area contributed by atoms with Crippen LogP contribution in [0, 0.1) is 12.3 Å². The molecule has 1 aliphatic heterocycles. The minimum Gasteiger partial charge on any atom is -0.492 e. The van der Waals surface area contributed by atoms with Crippen LogP contribution < -0.4 is 4.74 Å². The molecule has 1 aromatic rings. The van der Waals surface area contributed by atoms with E-state index in [0.717, 1.165) is 17.3 Å². The molecule has 94 valence electrons. The topological polar surface area (TPSA) is 34.0 Å². The quantitative estimate of drug-likeness (QED) is 0.711.